The molecule has 25 heavy (non-hydrogen) atoms. The summed E-state index contributed by atoms with van der Waals surface area (Å²) >= 11 is 3.33. The molecule has 1 fully saturated rings. The van der Waals surface area contributed by atoms with Crippen molar-refractivity contribution in [1.82, 2.24) is 0 Å². The third-order valence-corrected chi connectivity index (χ3v) is 5.55. The number of nitrogens with zero attached hydrogens (tertiary/aromatic N) is 3. The second kappa shape index (κ2) is 6.41. The van der Waals surface area contributed by atoms with Crippen molar-refractivity contribution in [3.8, 4) is 18.2 Å². The van der Waals surface area contributed by atoms with E-state index in [2.05, 4.69) is 22.0 Å². The average molecular weight is 399 g/mol. The number of nitrogens with two attached hydrogens (primary N) is 1. The van der Waals surface area contributed by atoms with Gasteiger partial charge in [0.2, 0.25) is 5.41 Å². The van der Waals surface area contributed by atoms with Crippen LogP contribution in [0.4, 0.5) is 4.39 Å². The molecule has 1 aliphatic carbocycles. The number of nitriles is 3. The maximum Gasteiger partial charge on any atom is 0.203 e. The van der Waals surface area contributed by atoms with Crippen molar-refractivity contribution in [1.29, 1.82) is 21.2 Å². The van der Waals surface area contributed by atoms with E-state index in [1.165, 1.54) is 6.07 Å². The highest BCUT2D eigenvalue weighted by atomic mass is 79.9. The van der Waals surface area contributed by atoms with Crippen LogP contribution in [0.1, 0.15) is 11.5 Å². The Balaban J connectivity index is 2.26. The number of rotatable bonds is 1. The standard InChI is InChI=1S/C18H13BrFN5/c19-10-1-2-15(20)11(5-10)16-12(6-21)17(24)18(8-22,9-23)14-3-4-25-7-13(14)16/h1-3,5,12-13,16,24-25H,4,7H2/p+1/t12?,13-,16-/m0/s1. The molecule has 5 nitrogen and oxygen atoms in total. The molecular weight excluding hydrogens is 385 g/mol. The smallest absolute Gasteiger partial charge is 0.203 e. The van der Waals surface area contributed by atoms with Crippen LogP contribution in [-0.4, -0.2) is 18.8 Å². The first-order valence-corrected chi connectivity index (χ1v) is 8.57. The lowest BCUT2D eigenvalue weighted by Crippen LogP contribution is -2.87. The van der Waals surface area contributed by atoms with Gasteiger partial charge in [0.1, 0.15) is 5.82 Å². The van der Waals surface area contributed by atoms with Crippen molar-refractivity contribution in [3.63, 3.8) is 0 Å². The molecule has 1 saturated carbocycles. The van der Waals surface area contributed by atoms with Crippen LogP contribution in [0.3, 0.4) is 0 Å². The quantitative estimate of drug-likeness (QED) is 0.705. The van der Waals surface area contributed by atoms with Crippen molar-refractivity contribution >= 4 is 21.6 Å². The molecule has 0 saturated heterocycles. The highest BCUT2D eigenvalue weighted by molar-refractivity contribution is 9.10. The van der Waals surface area contributed by atoms with Crippen molar-refractivity contribution in [2.45, 2.75) is 5.92 Å². The van der Waals surface area contributed by atoms with Crippen molar-refractivity contribution in [3.05, 3.63) is 45.7 Å². The molecule has 7 heteroatoms. The fraction of sp³-hybridized carbons (Fsp3) is 0.333. The zero-order valence-corrected chi connectivity index (χ0v) is 14.7. The van der Waals surface area contributed by atoms with Crippen LogP contribution in [0, 0.1) is 62.5 Å². The minimum atomic E-state index is -1.74. The summed E-state index contributed by atoms with van der Waals surface area (Å²) in [6.07, 6.45) is 1.78. The number of nitrogens with one attached hydrogen (secondary N) is 1. The van der Waals surface area contributed by atoms with Crippen LogP contribution in [0.5, 0.6) is 0 Å². The fourth-order valence-electron chi connectivity index (χ4n) is 3.92. The van der Waals surface area contributed by atoms with Crippen LogP contribution < -0.4 is 5.32 Å². The third-order valence-electron chi connectivity index (χ3n) is 5.06. The van der Waals surface area contributed by atoms with Gasteiger partial charge in [0.15, 0.2) is 0 Å². The van der Waals surface area contributed by atoms with Crippen LogP contribution in [0.25, 0.3) is 0 Å². The van der Waals surface area contributed by atoms with Crippen molar-refractivity contribution in [2.24, 2.45) is 17.3 Å². The van der Waals surface area contributed by atoms with Crippen LogP contribution in [0.2, 0.25) is 0 Å². The monoisotopic (exact) mass is 398 g/mol. The minimum absolute atomic E-state index is 0.256. The normalized spacial score (nSPS) is 27.2. The van der Waals surface area contributed by atoms with Crippen molar-refractivity contribution in [2.75, 3.05) is 13.1 Å². The summed E-state index contributed by atoms with van der Waals surface area (Å²) in [4.78, 5) is 0. The molecule has 1 aliphatic heterocycles. The second-order valence-electron chi connectivity index (χ2n) is 6.21. The summed E-state index contributed by atoms with van der Waals surface area (Å²) in [5.41, 5.74) is -1.13. The van der Waals surface area contributed by atoms with Gasteiger partial charge in [0.05, 0.1) is 42.9 Å². The molecule has 1 unspecified atom stereocenters. The lowest BCUT2D eigenvalue weighted by molar-refractivity contribution is -0.654. The topological polar surface area (TPSA) is 112 Å². The van der Waals surface area contributed by atoms with E-state index in [-0.39, 0.29) is 11.6 Å². The molecule has 0 bridgehead atoms. The Morgan fingerprint density at radius 1 is 1.28 bits per heavy atom. The summed E-state index contributed by atoms with van der Waals surface area (Å²) < 4.78 is 15.2. The molecule has 3 N–H and O–H groups in total. The molecule has 0 radical (unpaired) electrons. The highest BCUT2D eigenvalue weighted by Gasteiger charge is 2.57. The first-order valence-electron chi connectivity index (χ1n) is 7.78. The Bertz CT molecular complexity index is 888. The molecule has 3 rings (SSSR count). The van der Waals surface area contributed by atoms with E-state index in [1.807, 2.05) is 17.5 Å². The molecule has 1 aromatic carbocycles. The lowest BCUT2D eigenvalue weighted by atomic mass is 9.55. The maximum atomic E-state index is 14.5. The molecular formula is C18H14BrFN5+. The van der Waals surface area contributed by atoms with Gasteiger partial charge in [-0.2, -0.15) is 15.8 Å². The van der Waals surface area contributed by atoms with Crippen LogP contribution in [-0.2, 0) is 0 Å². The highest BCUT2D eigenvalue weighted by Crippen LogP contribution is 2.51. The van der Waals surface area contributed by atoms with E-state index < -0.39 is 23.1 Å². The summed E-state index contributed by atoms with van der Waals surface area (Å²) in [6, 6.07) is 10.5. The number of benzene rings is 1. The summed E-state index contributed by atoms with van der Waals surface area (Å²) in [5.74, 6) is -2.44. The summed E-state index contributed by atoms with van der Waals surface area (Å²) in [6.45, 7) is 1.13. The van der Waals surface area contributed by atoms with Gasteiger partial charge < -0.3 is 10.7 Å². The Kier molecular flexibility index (Phi) is 4.43. The molecule has 3 atom stereocenters. The van der Waals surface area contributed by atoms with Gasteiger partial charge in [-0.05, 0) is 35.4 Å². The van der Waals surface area contributed by atoms with E-state index in [0.717, 1.165) is 0 Å². The van der Waals surface area contributed by atoms with E-state index >= 15 is 0 Å². The number of hydrogen-bond acceptors (Lipinski definition) is 4. The molecule has 1 aromatic rings. The summed E-state index contributed by atoms with van der Waals surface area (Å²) in [5, 5.41) is 39.4. The Morgan fingerprint density at radius 2 is 2.00 bits per heavy atom. The molecule has 0 spiro atoms. The Hall–Kier alpha value is -2.53. The SMILES string of the molecule is N#CC1C(=N)C(C#N)(C#N)C2=CC[NH2+]C[C@@H]2[C@H]1c1cc(Br)ccc1F. The number of quaternary nitrogens is 1. The van der Waals surface area contributed by atoms with E-state index in [4.69, 9.17) is 5.41 Å². The molecule has 0 amide bonds. The second-order valence-corrected chi connectivity index (χ2v) is 7.13. The third kappa shape index (κ3) is 2.46. The van der Waals surface area contributed by atoms with Gasteiger partial charge >= 0.3 is 0 Å². The predicted molar refractivity (Wildman–Crippen MR) is 90.6 cm³/mol. The number of hydrogen-bond donors (Lipinski definition) is 2. The van der Waals surface area contributed by atoms with E-state index in [9.17, 15) is 20.2 Å². The first-order chi connectivity index (χ1) is 12.0. The largest absolute Gasteiger partial charge is 0.342 e. The Morgan fingerprint density at radius 3 is 2.64 bits per heavy atom. The van der Waals surface area contributed by atoms with E-state index in [0.29, 0.717) is 28.7 Å². The van der Waals surface area contributed by atoms with Gasteiger partial charge in [0.25, 0.3) is 0 Å². The van der Waals surface area contributed by atoms with E-state index in [1.54, 1.807) is 18.2 Å². The minimum Gasteiger partial charge on any atom is -0.342 e. The molecule has 2 aliphatic rings. The Labute approximate surface area is 153 Å². The zero-order chi connectivity index (χ0) is 18.2. The zero-order valence-electron chi connectivity index (χ0n) is 13.1. The maximum absolute atomic E-state index is 14.5. The number of fused-ring (bicyclic) bond motifs is 1. The van der Waals surface area contributed by atoms with Gasteiger partial charge in [-0.15, -0.1) is 0 Å². The molecule has 0 aromatic heterocycles. The van der Waals surface area contributed by atoms with Crippen LogP contribution >= 0.6 is 15.9 Å². The molecule has 1 heterocycles. The van der Waals surface area contributed by atoms with Gasteiger partial charge in [-0.3, -0.25) is 0 Å². The van der Waals surface area contributed by atoms with Gasteiger partial charge in [0, 0.05) is 16.3 Å². The first kappa shape index (κ1) is 17.3. The fourth-order valence-corrected chi connectivity index (χ4v) is 4.30. The number of halogens is 2. The lowest BCUT2D eigenvalue weighted by Gasteiger charge is -2.44. The predicted octanol–water partition coefficient (Wildman–Crippen LogP) is 2.00. The van der Waals surface area contributed by atoms with Gasteiger partial charge in [-0.1, -0.05) is 15.9 Å². The van der Waals surface area contributed by atoms with Crippen LogP contribution in [0.15, 0.2) is 34.3 Å². The summed E-state index contributed by atoms with van der Waals surface area (Å²) in [7, 11) is 0. The average Bonchev–Trinajstić information content (AvgIpc) is 2.63. The van der Waals surface area contributed by atoms with Crippen molar-refractivity contribution < 1.29 is 9.71 Å². The molecule has 124 valence electrons. The van der Waals surface area contributed by atoms with Gasteiger partial charge in [-0.25, -0.2) is 4.39 Å².